The van der Waals surface area contributed by atoms with Crippen LogP contribution in [-0.2, 0) is 0 Å². The lowest BCUT2D eigenvalue weighted by atomic mass is 10.1. The number of amides is 1. The molecule has 3 aromatic heterocycles. The molecule has 0 spiro atoms. The van der Waals surface area contributed by atoms with Crippen LogP contribution in [0.3, 0.4) is 0 Å². The van der Waals surface area contributed by atoms with Gasteiger partial charge in [-0.2, -0.15) is 4.68 Å². The Morgan fingerprint density at radius 2 is 2.12 bits per heavy atom. The van der Waals surface area contributed by atoms with Crippen LogP contribution in [-0.4, -0.2) is 30.9 Å². The predicted octanol–water partition coefficient (Wildman–Crippen LogP) is 3.72. The maximum atomic E-state index is 12.6. The summed E-state index contributed by atoms with van der Waals surface area (Å²) in [5.74, 6) is -0.308. The van der Waals surface area contributed by atoms with Gasteiger partial charge in [0.1, 0.15) is 0 Å². The van der Waals surface area contributed by atoms with Crippen molar-refractivity contribution in [3.63, 3.8) is 0 Å². The van der Waals surface area contributed by atoms with E-state index in [1.54, 1.807) is 29.1 Å². The topological polar surface area (TPSA) is 85.6 Å². The molecule has 0 aliphatic carbocycles. The van der Waals surface area contributed by atoms with Gasteiger partial charge in [-0.05, 0) is 26.0 Å². The van der Waals surface area contributed by atoms with Gasteiger partial charge >= 0.3 is 0 Å². The molecule has 4 rings (SSSR count). The van der Waals surface area contributed by atoms with Crippen LogP contribution in [0.2, 0.25) is 0 Å². The molecule has 1 aromatic carbocycles. The second kappa shape index (κ2) is 6.77. The summed E-state index contributed by atoms with van der Waals surface area (Å²) >= 11 is 3.03. The number of benzene rings is 1. The number of aromatic nitrogens is 5. The third kappa shape index (κ3) is 3.14. The monoisotopic (exact) mass is 382 g/mol. The zero-order chi connectivity index (χ0) is 18.1. The Kier molecular flexibility index (Phi) is 4.31. The van der Waals surface area contributed by atoms with Crippen LogP contribution in [0.15, 0.2) is 41.2 Å². The van der Waals surface area contributed by atoms with Crippen molar-refractivity contribution in [3.05, 3.63) is 57.6 Å². The quantitative estimate of drug-likeness (QED) is 0.581. The first-order valence-electron chi connectivity index (χ1n) is 7.78. The molecule has 1 N–H and O–H groups in total. The van der Waals surface area contributed by atoms with Crippen molar-refractivity contribution in [2.24, 2.45) is 0 Å². The van der Waals surface area contributed by atoms with Crippen molar-refractivity contribution in [2.75, 3.05) is 5.32 Å². The zero-order valence-corrected chi connectivity index (χ0v) is 15.6. The molecule has 0 aliphatic heterocycles. The second-order valence-electron chi connectivity index (χ2n) is 5.54. The summed E-state index contributed by atoms with van der Waals surface area (Å²) in [4.78, 5) is 21.3. The van der Waals surface area contributed by atoms with Gasteiger partial charge in [-0.1, -0.05) is 17.3 Å². The van der Waals surface area contributed by atoms with Gasteiger partial charge in [0.05, 0.1) is 16.4 Å². The lowest BCUT2D eigenvalue weighted by Gasteiger charge is -2.06. The standard InChI is InChI=1S/C17H14N6OS2/c1-10-15(21-22-23(10)17-18-6-7-25-17)16(24)20-13-5-3-4-12(8-13)14-9-26-11(2)19-14/h3-9H,1-2H3,(H,20,24). The van der Waals surface area contributed by atoms with Crippen LogP contribution >= 0.6 is 22.7 Å². The van der Waals surface area contributed by atoms with Crippen LogP contribution in [0.5, 0.6) is 0 Å². The third-order valence-corrected chi connectivity index (χ3v) is 5.27. The molecule has 0 atom stereocenters. The zero-order valence-electron chi connectivity index (χ0n) is 14.0. The molecular weight excluding hydrogens is 368 g/mol. The number of anilines is 1. The molecule has 3 heterocycles. The normalized spacial score (nSPS) is 10.8. The van der Waals surface area contributed by atoms with Crippen LogP contribution < -0.4 is 5.32 Å². The van der Waals surface area contributed by atoms with Crippen molar-refractivity contribution in [3.8, 4) is 16.4 Å². The molecule has 9 heteroatoms. The van der Waals surface area contributed by atoms with Gasteiger partial charge in [-0.25, -0.2) is 9.97 Å². The van der Waals surface area contributed by atoms with E-state index >= 15 is 0 Å². The average molecular weight is 382 g/mol. The molecule has 0 saturated carbocycles. The summed E-state index contributed by atoms with van der Waals surface area (Å²) in [6, 6.07) is 7.58. The Bertz CT molecular complexity index is 1070. The number of carbonyl (C=O) groups excluding carboxylic acids is 1. The van der Waals surface area contributed by atoms with E-state index in [4.69, 9.17) is 0 Å². The molecular formula is C17H14N6OS2. The van der Waals surface area contributed by atoms with Gasteiger partial charge in [0.15, 0.2) is 5.69 Å². The van der Waals surface area contributed by atoms with E-state index < -0.39 is 0 Å². The molecule has 1 amide bonds. The van der Waals surface area contributed by atoms with Crippen molar-refractivity contribution < 1.29 is 4.79 Å². The minimum Gasteiger partial charge on any atom is -0.321 e. The second-order valence-corrected chi connectivity index (χ2v) is 7.47. The SMILES string of the molecule is Cc1nc(-c2cccc(NC(=O)c3nnn(-c4nccs4)c3C)c2)cs1. The molecule has 7 nitrogen and oxygen atoms in total. The highest BCUT2D eigenvalue weighted by atomic mass is 32.1. The van der Waals surface area contributed by atoms with E-state index in [-0.39, 0.29) is 11.6 Å². The van der Waals surface area contributed by atoms with Crippen molar-refractivity contribution in [1.82, 2.24) is 25.0 Å². The summed E-state index contributed by atoms with van der Waals surface area (Å²) < 4.78 is 1.56. The molecule has 4 aromatic rings. The van der Waals surface area contributed by atoms with E-state index in [1.165, 1.54) is 11.3 Å². The van der Waals surface area contributed by atoms with Gasteiger partial charge in [-0.3, -0.25) is 4.79 Å². The molecule has 0 fully saturated rings. The highest BCUT2D eigenvalue weighted by Crippen LogP contribution is 2.24. The predicted molar refractivity (Wildman–Crippen MR) is 102 cm³/mol. The summed E-state index contributed by atoms with van der Waals surface area (Å²) in [7, 11) is 0. The molecule has 130 valence electrons. The first-order chi connectivity index (χ1) is 12.6. The van der Waals surface area contributed by atoms with Crippen molar-refractivity contribution in [1.29, 1.82) is 0 Å². The molecule has 0 radical (unpaired) electrons. The largest absolute Gasteiger partial charge is 0.321 e. The fourth-order valence-electron chi connectivity index (χ4n) is 2.48. The van der Waals surface area contributed by atoms with Crippen LogP contribution in [0.1, 0.15) is 21.2 Å². The number of carbonyl (C=O) groups is 1. The minimum atomic E-state index is -0.308. The Morgan fingerprint density at radius 1 is 1.23 bits per heavy atom. The summed E-state index contributed by atoms with van der Waals surface area (Å²) in [5, 5.41) is 16.4. The Balaban J connectivity index is 1.57. The van der Waals surface area contributed by atoms with Gasteiger partial charge in [0, 0.05) is 28.2 Å². The number of rotatable bonds is 4. The third-order valence-electron chi connectivity index (χ3n) is 3.75. The lowest BCUT2D eigenvalue weighted by molar-refractivity contribution is 0.102. The first kappa shape index (κ1) is 16.6. The van der Waals surface area contributed by atoms with E-state index in [9.17, 15) is 4.79 Å². The molecule has 26 heavy (non-hydrogen) atoms. The number of nitrogens with zero attached hydrogens (tertiary/aromatic N) is 5. The first-order valence-corrected chi connectivity index (χ1v) is 9.54. The number of hydrogen-bond donors (Lipinski definition) is 1. The number of aryl methyl sites for hydroxylation is 1. The van der Waals surface area contributed by atoms with Crippen molar-refractivity contribution >= 4 is 34.3 Å². The Morgan fingerprint density at radius 3 is 2.85 bits per heavy atom. The van der Waals surface area contributed by atoms with E-state index in [2.05, 4.69) is 25.6 Å². The highest BCUT2D eigenvalue weighted by molar-refractivity contribution is 7.12. The molecule has 0 unspecified atom stereocenters. The number of thiazole rings is 2. The molecule has 0 saturated heterocycles. The summed E-state index contributed by atoms with van der Waals surface area (Å²) in [6.07, 6.45) is 1.69. The molecule has 0 aliphatic rings. The van der Waals surface area contributed by atoms with Gasteiger partial charge in [-0.15, -0.1) is 27.8 Å². The number of hydrogen-bond acceptors (Lipinski definition) is 7. The smallest absolute Gasteiger partial charge is 0.278 e. The minimum absolute atomic E-state index is 0.273. The van der Waals surface area contributed by atoms with Gasteiger partial charge in [0.25, 0.3) is 5.91 Å². The van der Waals surface area contributed by atoms with Gasteiger partial charge < -0.3 is 5.32 Å². The van der Waals surface area contributed by atoms with Crippen LogP contribution in [0, 0.1) is 13.8 Å². The lowest BCUT2D eigenvalue weighted by Crippen LogP contribution is -2.14. The Labute approximate surface area is 157 Å². The highest BCUT2D eigenvalue weighted by Gasteiger charge is 2.18. The Hall–Kier alpha value is -2.91. The van der Waals surface area contributed by atoms with Crippen molar-refractivity contribution in [2.45, 2.75) is 13.8 Å². The summed E-state index contributed by atoms with van der Waals surface area (Å²) in [5.41, 5.74) is 3.45. The van der Waals surface area contributed by atoms with E-state index in [0.717, 1.165) is 16.3 Å². The van der Waals surface area contributed by atoms with E-state index in [0.29, 0.717) is 16.5 Å². The maximum Gasteiger partial charge on any atom is 0.278 e. The van der Waals surface area contributed by atoms with Crippen LogP contribution in [0.4, 0.5) is 5.69 Å². The average Bonchev–Trinajstić information content (AvgIpc) is 3.36. The number of nitrogens with one attached hydrogen (secondary N) is 1. The fraction of sp³-hybridized carbons (Fsp3) is 0.118. The maximum absolute atomic E-state index is 12.6. The fourth-order valence-corrected chi connectivity index (χ4v) is 3.74. The summed E-state index contributed by atoms with van der Waals surface area (Å²) in [6.45, 7) is 3.76. The van der Waals surface area contributed by atoms with E-state index in [1.807, 2.05) is 41.9 Å². The van der Waals surface area contributed by atoms with Gasteiger partial charge in [0.2, 0.25) is 5.13 Å². The molecule has 0 bridgehead atoms. The van der Waals surface area contributed by atoms with Crippen LogP contribution in [0.25, 0.3) is 16.4 Å².